The zero-order valence-corrected chi connectivity index (χ0v) is 12.0. The van der Waals surface area contributed by atoms with Gasteiger partial charge in [0, 0.05) is 17.5 Å². The first kappa shape index (κ1) is 13.7. The number of hydrogen-bond donors (Lipinski definition) is 1. The van der Waals surface area contributed by atoms with Crippen LogP contribution in [0.3, 0.4) is 0 Å². The van der Waals surface area contributed by atoms with Gasteiger partial charge in [-0.15, -0.1) is 0 Å². The van der Waals surface area contributed by atoms with Crippen molar-refractivity contribution in [1.82, 2.24) is 0 Å². The highest BCUT2D eigenvalue weighted by Gasteiger charge is 2.43. The fraction of sp³-hybridized carbons (Fsp3) is 0.562. The number of rotatable bonds is 5. The van der Waals surface area contributed by atoms with E-state index in [1.807, 2.05) is 19.1 Å². The van der Waals surface area contributed by atoms with Crippen LogP contribution in [0.1, 0.15) is 50.2 Å². The number of benzene rings is 1. The molecule has 0 aromatic heterocycles. The van der Waals surface area contributed by atoms with Crippen molar-refractivity contribution in [2.75, 3.05) is 12.3 Å². The summed E-state index contributed by atoms with van der Waals surface area (Å²) < 4.78 is 6.01. The number of nitrogen functional groups attached to an aromatic ring is 1. The number of hydrogen-bond acceptors (Lipinski definition) is 3. The van der Waals surface area contributed by atoms with Gasteiger partial charge in [-0.1, -0.05) is 13.8 Å². The van der Waals surface area contributed by atoms with Crippen LogP contribution in [0.25, 0.3) is 0 Å². The minimum atomic E-state index is 0.109. The molecule has 0 spiro atoms. The average Bonchev–Trinajstić information content (AvgIpc) is 3.11. The Labute approximate surface area is 115 Å². The summed E-state index contributed by atoms with van der Waals surface area (Å²) in [6.07, 6.45) is 2.80. The van der Waals surface area contributed by atoms with Gasteiger partial charge in [0.2, 0.25) is 0 Å². The minimum absolute atomic E-state index is 0.109. The topological polar surface area (TPSA) is 59.0 Å². The molecule has 0 aliphatic heterocycles. The highest BCUT2D eigenvalue weighted by Crippen LogP contribution is 2.49. The summed E-state index contributed by atoms with van der Waals surface area (Å²) in [5.74, 6) is 1.30. The number of aryl methyl sites for hydroxylation is 1. The summed E-state index contributed by atoms with van der Waals surface area (Å²) in [6.45, 7) is 6.91. The zero-order valence-electron chi connectivity index (χ0n) is 12.0. The number of ether oxygens (including phenoxy) is 1. The van der Waals surface area contributed by atoms with Crippen molar-refractivity contribution in [3.63, 3.8) is 0 Å². The maximum Gasteiger partial charge on any atom is 0.123 e. The summed E-state index contributed by atoms with van der Waals surface area (Å²) in [7, 11) is 0. The Morgan fingerprint density at radius 1 is 1.42 bits per heavy atom. The molecule has 1 aliphatic carbocycles. The number of nitrogens with zero attached hydrogens (tertiary/aromatic N) is 1. The standard InChI is InChI=1S/C16H22N2O/c1-11(2)13-9-14(18)12(3)8-15(13)19-10-16(4-5-16)6-7-17/h8-9,11H,4-6,10,18H2,1-3H3. The Morgan fingerprint density at radius 3 is 2.63 bits per heavy atom. The molecule has 0 atom stereocenters. The molecule has 0 heterocycles. The monoisotopic (exact) mass is 258 g/mol. The molecular weight excluding hydrogens is 236 g/mol. The van der Waals surface area contributed by atoms with Crippen LogP contribution in [0.15, 0.2) is 12.1 Å². The van der Waals surface area contributed by atoms with Gasteiger partial charge in [0.25, 0.3) is 0 Å². The van der Waals surface area contributed by atoms with Gasteiger partial charge in [0.1, 0.15) is 5.75 Å². The van der Waals surface area contributed by atoms with Gasteiger partial charge in [-0.25, -0.2) is 0 Å². The normalized spacial score (nSPS) is 16.2. The molecule has 0 bridgehead atoms. The van der Waals surface area contributed by atoms with Crippen molar-refractivity contribution in [2.45, 2.75) is 46.0 Å². The maximum atomic E-state index is 8.84. The van der Waals surface area contributed by atoms with Gasteiger partial charge in [-0.3, -0.25) is 0 Å². The predicted molar refractivity (Wildman–Crippen MR) is 77.1 cm³/mol. The number of anilines is 1. The van der Waals surface area contributed by atoms with Crippen molar-refractivity contribution in [3.05, 3.63) is 23.3 Å². The SMILES string of the molecule is Cc1cc(OCC2(CC#N)CC2)c(C(C)C)cc1N. The molecule has 0 saturated heterocycles. The van der Waals surface area contributed by atoms with E-state index < -0.39 is 0 Å². The fourth-order valence-corrected chi connectivity index (χ4v) is 2.24. The third-order valence-corrected chi connectivity index (χ3v) is 3.97. The first-order valence-corrected chi connectivity index (χ1v) is 6.87. The van der Waals surface area contributed by atoms with Crippen molar-refractivity contribution >= 4 is 5.69 Å². The molecule has 1 aliphatic rings. The van der Waals surface area contributed by atoms with Crippen LogP contribution in [0.5, 0.6) is 5.75 Å². The first-order chi connectivity index (χ1) is 8.97. The van der Waals surface area contributed by atoms with Gasteiger partial charge >= 0.3 is 0 Å². The van der Waals surface area contributed by atoms with Crippen molar-refractivity contribution in [3.8, 4) is 11.8 Å². The maximum absolute atomic E-state index is 8.84. The molecule has 1 fully saturated rings. The molecule has 1 aromatic carbocycles. The summed E-state index contributed by atoms with van der Waals surface area (Å²) in [5, 5.41) is 8.84. The molecule has 2 rings (SSSR count). The van der Waals surface area contributed by atoms with E-state index in [0.29, 0.717) is 18.9 Å². The quantitative estimate of drug-likeness (QED) is 0.818. The van der Waals surface area contributed by atoms with Gasteiger partial charge in [0.15, 0.2) is 0 Å². The lowest BCUT2D eigenvalue weighted by molar-refractivity contribution is 0.234. The van der Waals surface area contributed by atoms with E-state index in [9.17, 15) is 0 Å². The lowest BCUT2D eigenvalue weighted by atomic mass is 9.99. The smallest absolute Gasteiger partial charge is 0.123 e. The van der Waals surface area contributed by atoms with Crippen LogP contribution >= 0.6 is 0 Å². The lowest BCUT2D eigenvalue weighted by Crippen LogP contribution is -2.13. The van der Waals surface area contributed by atoms with Gasteiger partial charge in [-0.05, 0) is 48.9 Å². The Hall–Kier alpha value is -1.69. The molecule has 102 valence electrons. The molecule has 0 unspecified atom stereocenters. The van der Waals surface area contributed by atoms with Gasteiger partial charge in [-0.2, -0.15) is 5.26 Å². The summed E-state index contributed by atoms with van der Waals surface area (Å²) in [6, 6.07) is 6.30. The molecule has 3 nitrogen and oxygen atoms in total. The Kier molecular flexibility index (Phi) is 3.71. The lowest BCUT2D eigenvalue weighted by Gasteiger charge is -2.19. The second kappa shape index (κ2) is 5.13. The van der Waals surface area contributed by atoms with Crippen LogP contribution in [-0.4, -0.2) is 6.61 Å². The van der Waals surface area contributed by atoms with Gasteiger partial charge < -0.3 is 10.5 Å². The largest absolute Gasteiger partial charge is 0.493 e. The van der Waals surface area contributed by atoms with Crippen LogP contribution in [-0.2, 0) is 0 Å². The number of nitrogens with two attached hydrogens (primary N) is 1. The third kappa shape index (κ3) is 3.01. The van der Waals surface area contributed by atoms with E-state index in [2.05, 4.69) is 19.9 Å². The molecule has 2 N–H and O–H groups in total. The van der Waals surface area contributed by atoms with E-state index >= 15 is 0 Å². The Bertz CT molecular complexity index is 510. The third-order valence-electron chi connectivity index (χ3n) is 3.97. The average molecular weight is 258 g/mol. The minimum Gasteiger partial charge on any atom is -0.493 e. The highest BCUT2D eigenvalue weighted by molar-refractivity contribution is 5.55. The highest BCUT2D eigenvalue weighted by atomic mass is 16.5. The molecule has 3 heteroatoms. The van der Waals surface area contributed by atoms with Crippen molar-refractivity contribution in [2.24, 2.45) is 5.41 Å². The van der Waals surface area contributed by atoms with E-state index in [0.717, 1.165) is 35.4 Å². The molecule has 0 amide bonds. The van der Waals surface area contributed by atoms with E-state index in [1.165, 1.54) is 0 Å². The Morgan fingerprint density at radius 2 is 2.11 bits per heavy atom. The molecule has 1 aromatic rings. The van der Waals surface area contributed by atoms with Crippen LogP contribution in [0, 0.1) is 23.7 Å². The predicted octanol–water partition coefficient (Wildman–Crippen LogP) is 3.77. The van der Waals surface area contributed by atoms with Crippen LogP contribution < -0.4 is 10.5 Å². The number of nitriles is 1. The molecular formula is C16H22N2O. The van der Waals surface area contributed by atoms with Crippen molar-refractivity contribution < 1.29 is 4.74 Å². The Balaban J connectivity index is 2.16. The summed E-state index contributed by atoms with van der Waals surface area (Å²) in [4.78, 5) is 0. The molecule has 19 heavy (non-hydrogen) atoms. The van der Waals surface area contributed by atoms with Crippen LogP contribution in [0.4, 0.5) is 5.69 Å². The second-order valence-corrected chi connectivity index (χ2v) is 6.02. The fourth-order valence-electron chi connectivity index (χ4n) is 2.24. The molecule has 1 saturated carbocycles. The van der Waals surface area contributed by atoms with Crippen LogP contribution in [0.2, 0.25) is 0 Å². The summed E-state index contributed by atoms with van der Waals surface area (Å²) >= 11 is 0. The first-order valence-electron chi connectivity index (χ1n) is 6.87. The van der Waals surface area contributed by atoms with E-state index in [-0.39, 0.29) is 5.41 Å². The molecule has 0 radical (unpaired) electrons. The summed E-state index contributed by atoms with van der Waals surface area (Å²) in [5.41, 5.74) is 9.09. The second-order valence-electron chi connectivity index (χ2n) is 6.02. The van der Waals surface area contributed by atoms with E-state index in [4.69, 9.17) is 15.7 Å². The van der Waals surface area contributed by atoms with E-state index in [1.54, 1.807) is 0 Å². The van der Waals surface area contributed by atoms with Gasteiger partial charge in [0.05, 0.1) is 12.7 Å². The zero-order chi connectivity index (χ0) is 14.0. The van der Waals surface area contributed by atoms with Crippen molar-refractivity contribution in [1.29, 1.82) is 5.26 Å².